The zero-order valence-electron chi connectivity index (χ0n) is 15.5. The standard InChI is InChI=1S/C19H26N4O3/c1-19(6-3-9-26-19)18(24)20-14-4-5-16-15(12-14)21-17(22(16)2)13-23-7-10-25-11-8-23/h4-5,12H,3,6-11,13H2,1-2H3,(H,20,24)/t19-/m1/s1. The molecule has 1 atom stereocenters. The number of hydrogen-bond acceptors (Lipinski definition) is 5. The first kappa shape index (κ1) is 17.5. The predicted molar refractivity (Wildman–Crippen MR) is 99.0 cm³/mol. The van der Waals surface area contributed by atoms with Gasteiger partial charge in [0, 0.05) is 32.4 Å². The number of morpholine rings is 1. The number of nitrogens with one attached hydrogen (secondary N) is 1. The Hall–Kier alpha value is -1.96. The number of carbonyl (C=O) groups excluding carboxylic acids is 1. The van der Waals surface area contributed by atoms with Gasteiger partial charge >= 0.3 is 0 Å². The lowest BCUT2D eigenvalue weighted by atomic mass is 10.0. The fourth-order valence-electron chi connectivity index (χ4n) is 3.65. The van der Waals surface area contributed by atoms with Crippen molar-refractivity contribution in [2.45, 2.75) is 31.9 Å². The third-order valence-corrected chi connectivity index (χ3v) is 5.40. The van der Waals surface area contributed by atoms with Crippen LogP contribution in [-0.2, 0) is 27.9 Å². The molecule has 2 fully saturated rings. The number of rotatable bonds is 4. The Balaban J connectivity index is 1.52. The van der Waals surface area contributed by atoms with Gasteiger partial charge in [-0.05, 0) is 38.0 Å². The molecule has 1 amide bonds. The van der Waals surface area contributed by atoms with Crippen LogP contribution in [0.25, 0.3) is 11.0 Å². The van der Waals surface area contributed by atoms with Crippen molar-refractivity contribution in [2.75, 3.05) is 38.2 Å². The first-order chi connectivity index (χ1) is 12.5. The highest BCUT2D eigenvalue weighted by Crippen LogP contribution is 2.27. The molecular weight excluding hydrogens is 332 g/mol. The maximum atomic E-state index is 12.5. The second-order valence-corrected chi connectivity index (χ2v) is 7.32. The molecule has 1 aromatic carbocycles. The summed E-state index contributed by atoms with van der Waals surface area (Å²) in [5.74, 6) is 0.940. The van der Waals surface area contributed by atoms with Gasteiger partial charge in [-0.1, -0.05) is 0 Å². The summed E-state index contributed by atoms with van der Waals surface area (Å²) in [6, 6.07) is 5.88. The van der Waals surface area contributed by atoms with Crippen LogP contribution in [0.4, 0.5) is 5.69 Å². The van der Waals surface area contributed by atoms with E-state index in [0.717, 1.165) is 68.2 Å². The molecule has 2 aliphatic rings. The van der Waals surface area contributed by atoms with Crippen molar-refractivity contribution in [3.8, 4) is 0 Å². The van der Waals surface area contributed by atoms with Crippen LogP contribution in [0.5, 0.6) is 0 Å². The van der Waals surface area contributed by atoms with E-state index in [1.807, 2.05) is 32.2 Å². The molecule has 140 valence electrons. The molecule has 4 rings (SSSR count). The minimum absolute atomic E-state index is 0.0844. The number of nitrogens with zero attached hydrogens (tertiary/aromatic N) is 3. The van der Waals surface area contributed by atoms with Crippen molar-refractivity contribution in [3.05, 3.63) is 24.0 Å². The van der Waals surface area contributed by atoms with Gasteiger partial charge in [-0.15, -0.1) is 0 Å². The highest BCUT2D eigenvalue weighted by Gasteiger charge is 2.37. The summed E-state index contributed by atoms with van der Waals surface area (Å²) >= 11 is 0. The zero-order valence-corrected chi connectivity index (χ0v) is 15.5. The first-order valence-electron chi connectivity index (χ1n) is 9.26. The number of hydrogen-bond donors (Lipinski definition) is 1. The normalized spacial score (nSPS) is 24.2. The quantitative estimate of drug-likeness (QED) is 0.904. The molecule has 2 aromatic rings. The number of aryl methyl sites for hydroxylation is 1. The monoisotopic (exact) mass is 358 g/mol. The largest absolute Gasteiger partial charge is 0.379 e. The second-order valence-electron chi connectivity index (χ2n) is 7.32. The Bertz CT molecular complexity index is 804. The minimum atomic E-state index is -0.722. The van der Waals surface area contributed by atoms with Gasteiger partial charge in [-0.2, -0.15) is 0 Å². The smallest absolute Gasteiger partial charge is 0.256 e. The van der Waals surface area contributed by atoms with E-state index in [0.29, 0.717) is 6.61 Å². The topological polar surface area (TPSA) is 68.6 Å². The molecule has 3 heterocycles. The average Bonchev–Trinajstić information content (AvgIpc) is 3.21. The Kier molecular flexibility index (Phi) is 4.69. The van der Waals surface area contributed by atoms with Crippen LogP contribution in [0.1, 0.15) is 25.6 Å². The summed E-state index contributed by atoms with van der Waals surface area (Å²) in [4.78, 5) is 19.7. The van der Waals surface area contributed by atoms with E-state index >= 15 is 0 Å². The molecule has 0 aliphatic carbocycles. The van der Waals surface area contributed by atoms with Gasteiger partial charge in [-0.25, -0.2) is 4.98 Å². The Morgan fingerprint density at radius 2 is 2.12 bits per heavy atom. The fourth-order valence-corrected chi connectivity index (χ4v) is 3.65. The van der Waals surface area contributed by atoms with E-state index in [1.54, 1.807) is 0 Å². The number of anilines is 1. The molecule has 1 aromatic heterocycles. The van der Waals surface area contributed by atoms with E-state index in [-0.39, 0.29) is 5.91 Å². The van der Waals surface area contributed by atoms with E-state index < -0.39 is 5.60 Å². The molecule has 0 spiro atoms. The highest BCUT2D eigenvalue weighted by atomic mass is 16.5. The van der Waals surface area contributed by atoms with Crippen LogP contribution in [0, 0.1) is 0 Å². The number of amides is 1. The summed E-state index contributed by atoms with van der Waals surface area (Å²) in [6.45, 7) is 6.74. The predicted octanol–water partition coefficient (Wildman–Crippen LogP) is 1.91. The SMILES string of the molecule is Cn1c(CN2CCOCC2)nc2cc(NC(=O)[C@@]3(C)CCCO3)ccc21. The van der Waals surface area contributed by atoms with Crippen molar-refractivity contribution < 1.29 is 14.3 Å². The average molecular weight is 358 g/mol. The van der Waals surface area contributed by atoms with Crippen molar-refractivity contribution in [1.82, 2.24) is 14.5 Å². The zero-order chi connectivity index (χ0) is 18.1. The van der Waals surface area contributed by atoms with E-state index in [4.69, 9.17) is 14.5 Å². The van der Waals surface area contributed by atoms with Gasteiger partial charge in [-0.3, -0.25) is 9.69 Å². The molecule has 7 heteroatoms. The summed E-state index contributed by atoms with van der Waals surface area (Å²) in [7, 11) is 2.04. The van der Waals surface area contributed by atoms with Gasteiger partial charge < -0.3 is 19.4 Å². The van der Waals surface area contributed by atoms with Gasteiger partial charge in [0.05, 0.1) is 30.8 Å². The van der Waals surface area contributed by atoms with Crippen LogP contribution in [-0.4, -0.2) is 58.9 Å². The second kappa shape index (κ2) is 6.98. The molecule has 1 N–H and O–H groups in total. The number of carbonyl (C=O) groups is 1. The number of imidazole rings is 1. The number of aromatic nitrogens is 2. The maximum absolute atomic E-state index is 12.5. The summed E-state index contributed by atoms with van der Waals surface area (Å²) in [6.07, 6.45) is 1.68. The van der Waals surface area contributed by atoms with Crippen LogP contribution in [0.2, 0.25) is 0 Å². The molecule has 0 radical (unpaired) electrons. The fraction of sp³-hybridized carbons (Fsp3) is 0.579. The van der Waals surface area contributed by atoms with E-state index in [9.17, 15) is 4.79 Å². The summed E-state index contributed by atoms with van der Waals surface area (Å²) in [5.41, 5.74) is 2.00. The number of benzene rings is 1. The van der Waals surface area contributed by atoms with Crippen molar-refractivity contribution in [3.63, 3.8) is 0 Å². The molecule has 2 aliphatic heterocycles. The molecule has 7 nitrogen and oxygen atoms in total. The maximum Gasteiger partial charge on any atom is 0.256 e. The lowest BCUT2D eigenvalue weighted by Crippen LogP contribution is -2.39. The molecule has 0 bridgehead atoms. The van der Waals surface area contributed by atoms with E-state index in [1.165, 1.54) is 0 Å². The molecule has 26 heavy (non-hydrogen) atoms. The molecular formula is C19H26N4O3. The Morgan fingerprint density at radius 3 is 2.85 bits per heavy atom. The van der Waals surface area contributed by atoms with Gasteiger partial charge in [0.25, 0.3) is 5.91 Å². The Labute approximate surface area is 153 Å². The van der Waals surface area contributed by atoms with Crippen LogP contribution in [0.15, 0.2) is 18.2 Å². The highest BCUT2D eigenvalue weighted by molar-refractivity contribution is 5.98. The lowest BCUT2D eigenvalue weighted by molar-refractivity contribution is -0.133. The van der Waals surface area contributed by atoms with Crippen LogP contribution >= 0.6 is 0 Å². The molecule has 0 unspecified atom stereocenters. The van der Waals surface area contributed by atoms with Crippen LogP contribution < -0.4 is 5.32 Å². The molecule has 0 saturated carbocycles. The van der Waals surface area contributed by atoms with Crippen molar-refractivity contribution >= 4 is 22.6 Å². The van der Waals surface area contributed by atoms with Gasteiger partial charge in [0.2, 0.25) is 0 Å². The number of ether oxygens (including phenoxy) is 2. The number of fused-ring (bicyclic) bond motifs is 1. The third-order valence-electron chi connectivity index (χ3n) is 5.40. The van der Waals surface area contributed by atoms with E-state index in [2.05, 4.69) is 14.8 Å². The minimum Gasteiger partial charge on any atom is -0.379 e. The summed E-state index contributed by atoms with van der Waals surface area (Å²) < 4.78 is 13.2. The van der Waals surface area contributed by atoms with Gasteiger partial charge in [0.15, 0.2) is 0 Å². The first-order valence-corrected chi connectivity index (χ1v) is 9.26. The third kappa shape index (κ3) is 3.34. The van der Waals surface area contributed by atoms with Crippen LogP contribution in [0.3, 0.4) is 0 Å². The Morgan fingerprint density at radius 1 is 1.31 bits per heavy atom. The lowest BCUT2D eigenvalue weighted by Gasteiger charge is -2.26. The van der Waals surface area contributed by atoms with Crippen molar-refractivity contribution in [2.24, 2.45) is 7.05 Å². The summed E-state index contributed by atoms with van der Waals surface area (Å²) in [5, 5.41) is 2.99. The van der Waals surface area contributed by atoms with Gasteiger partial charge in [0.1, 0.15) is 11.4 Å². The molecule has 2 saturated heterocycles. The van der Waals surface area contributed by atoms with Crippen molar-refractivity contribution in [1.29, 1.82) is 0 Å².